The topological polar surface area (TPSA) is 20.2 Å². The second-order valence-electron chi connectivity index (χ2n) is 4.83. The van der Waals surface area contributed by atoms with Crippen molar-refractivity contribution in [2.45, 2.75) is 38.0 Å². The zero-order chi connectivity index (χ0) is 11.1. The minimum absolute atomic E-state index is 0.0814. The van der Waals surface area contributed by atoms with Gasteiger partial charge >= 0.3 is 0 Å². The number of halogens is 1. The Labute approximate surface area is 99.6 Å². The van der Waals surface area contributed by atoms with Crippen LogP contribution in [0.5, 0.6) is 0 Å². The largest absolute Gasteiger partial charge is 0.395 e. The molecular formula is C13H17BrO. The Morgan fingerprint density at radius 2 is 2.07 bits per heavy atom. The molecule has 1 saturated carbocycles. The molecule has 0 atom stereocenters. The van der Waals surface area contributed by atoms with Gasteiger partial charge in [0.05, 0.1) is 6.61 Å². The van der Waals surface area contributed by atoms with Crippen LogP contribution >= 0.6 is 15.9 Å². The van der Waals surface area contributed by atoms with Crippen LogP contribution in [-0.4, -0.2) is 11.7 Å². The highest BCUT2D eigenvalue weighted by Gasteiger charge is 2.43. The van der Waals surface area contributed by atoms with E-state index in [0.717, 1.165) is 12.8 Å². The molecule has 1 aliphatic rings. The van der Waals surface area contributed by atoms with Crippen molar-refractivity contribution >= 4 is 15.9 Å². The van der Waals surface area contributed by atoms with Gasteiger partial charge in [-0.05, 0) is 36.0 Å². The molecule has 0 aromatic heterocycles. The van der Waals surface area contributed by atoms with E-state index in [1.807, 2.05) is 0 Å². The van der Waals surface area contributed by atoms with Gasteiger partial charge in [-0.3, -0.25) is 0 Å². The molecule has 0 saturated heterocycles. The predicted octanol–water partition coefficient (Wildman–Crippen LogP) is 3.60. The molecule has 1 fully saturated rings. The van der Waals surface area contributed by atoms with Gasteiger partial charge in [0.2, 0.25) is 0 Å². The number of benzene rings is 1. The summed E-state index contributed by atoms with van der Waals surface area (Å²) in [6.07, 6.45) is 2.24. The Bertz CT molecular complexity index is 367. The highest BCUT2D eigenvalue weighted by molar-refractivity contribution is 9.10. The summed E-state index contributed by atoms with van der Waals surface area (Å²) in [5.74, 6) is 0.540. The van der Waals surface area contributed by atoms with Crippen LogP contribution in [0, 0.1) is 0 Å². The molecule has 0 amide bonds. The molecule has 2 rings (SSSR count). The average Bonchev–Trinajstić information content (AvgIpc) is 2.97. The van der Waals surface area contributed by atoms with E-state index in [1.54, 1.807) is 0 Å². The zero-order valence-electron chi connectivity index (χ0n) is 9.26. The van der Waals surface area contributed by atoms with Crippen molar-refractivity contribution in [1.82, 2.24) is 0 Å². The quantitative estimate of drug-likeness (QED) is 0.889. The van der Waals surface area contributed by atoms with Crippen LogP contribution < -0.4 is 0 Å². The van der Waals surface area contributed by atoms with Gasteiger partial charge in [-0.1, -0.05) is 41.9 Å². The molecule has 15 heavy (non-hydrogen) atoms. The van der Waals surface area contributed by atoms with Gasteiger partial charge in [-0.2, -0.15) is 0 Å². The van der Waals surface area contributed by atoms with E-state index in [4.69, 9.17) is 0 Å². The van der Waals surface area contributed by atoms with Gasteiger partial charge in [0.15, 0.2) is 0 Å². The molecule has 1 N–H and O–H groups in total. The second kappa shape index (κ2) is 3.91. The highest BCUT2D eigenvalue weighted by atomic mass is 79.9. The molecule has 1 nitrogen and oxygen atoms in total. The highest BCUT2D eigenvalue weighted by Crippen LogP contribution is 2.48. The van der Waals surface area contributed by atoms with Gasteiger partial charge in [0.25, 0.3) is 0 Å². The molecule has 82 valence electrons. The van der Waals surface area contributed by atoms with Crippen LogP contribution in [0.15, 0.2) is 22.7 Å². The molecule has 0 spiro atoms. The van der Waals surface area contributed by atoms with Crippen molar-refractivity contribution < 1.29 is 5.11 Å². The van der Waals surface area contributed by atoms with Crippen molar-refractivity contribution in [3.05, 3.63) is 33.8 Å². The first-order valence-corrected chi connectivity index (χ1v) is 6.29. The second-order valence-corrected chi connectivity index (χ2v) is 5.68. The number of rotatable bonds is 3. The molecule has 1 aromatic rings. The summed E-state index contributed by atoms with van der Waals surface area (Å²) in [4.78, 5) is 0. The summed E-state index contributed by atoms with van der Waals surface area (Å²) >= 11 is 3.62. The molecule has 1 aliphatic carbocycles. The van der Waals surface area contributed by atoms with Crippen LogP contribution in [0.25, 0.3) is 0 Å². The minimum atomic E-state index is 0.0814. The van der Waals surface area contributed by atoms with E-state index in [9.17, 15) is 5.11 Å². The maximum Gasteiger partial charge on any atom is 0.0527 e. The van der Waals surface area contributed by atoms with Crippen molar-refractivity contribution in [2.75, 3.05) is 6.61 Å². The Kier molecular flexibility index (Phi) is 2.91. The molecule has 0 bridgehead atoms. The average molecular weight is 269 g/mol. The van der Waals surface area contributed by atoms with Crippen molar-refractivity contribution in [3.63, 3.8) is 0 Å². The fraction of sp³-hybridized carbons (Fsp3) is 0.538. The van der Waals surface area contributed by atoms with Crippen LogP contribution in [0.3, 0.4) is 0 Å². The smallest absolute Gasteiger partial charge is 0.0527 e. The summed E-state index contributed by atoms with van der Waals surface area (Å²) in [6.45, 7) is 4.66. The lowest BCUT2D eigenvalue weighted by atomic mass is 9.93. The van der Waals surface area contributed by atoms with Crippen molar-refractivity contribution in [2.24, 2.45) is 0 Å². The molecule has 0 aliphatic heterocycles. The van der Waals surface area contributed by atoms with E-state index in [2.05, 4.69) is 48.0 Å². The standard InChI is InChI=1S/C13H17BrO/c1-9(2)11-4-3-10(7-12(11)14)13(8-15)5-6-13/h3-4,7,9,15H,5-6,8H2,1-2H3. The fourth-order valence-corrected chi connectivity index (χ4v) is 2.85. The van der Waals surface area contributed by atoms with Crippen LogP contribution in [0.2, 0.25) is 0 Å². The van der Waals surface area contributed by atoms with E-state index in [1.165, 1.54) is 15.6 Å². The van der Waals surface area contributed by atoms with Crippen molar-refractivity contribution in [1.29, 1.82) is 0 Å². The Morgan fingerprint density at radius 3 is 2.47 bits per heavy atom. The normalized spacial score (nSPS) is 18.2. The first-order valence-electron chi connectivity index (χ1n) is 5.50. The van der Waals surface area contributed by atoms with E-state index < -0.39 is 0 Å². The third-order valence-corrected chi connectivity index (χ3v) is 4.08. The number of hydrogen-bond acceptors (Lipinski definition) is 1. The zero-order valence-corrected chi connectivity index (χ0v) is 10.8. The first kappa shape index (κ1) is 11.2. The summed E-state index contributed by atoms with van der Waals surface area (Å²) in [7, 11) is 0. The van der Waals surface area contributed by atoms with Gasteiger partial charge in [-0.25, -0.2) is 0 Å². The summed E-state index contributed by atoms with van der Waals surface area (Å²) in [5.41, 5.74) is 2.70. The fourth-order valence-electron chi connectivity index (χ4n) is 2.01. The first-order chi connectivity index (χ1) is 7.09. The van der Waals surface area contributed by atoms with E-state index >= 15 is 0 Å². The van der Waals surface area contributed by atoms with Crippen LogP contribution in [0.4, 0.5) is 0 Å². The predicted molar refractivity (Wildman–Crippen MR) is 66.2 cm³/mol. The molecule has 2 heteroatoms. The summed E-state index contributed by atoms with van der Waals surface area (Å²) in [5, 5.41) is 9.36. The Balaban J connectivity index is 2.34. The third-order valence-electron chi connectivity index (χ3n) is 3.39. The maximum absolute atomic E-state index is 9.36. The lowest BCUT2D eigenvalue weighted by Gasteiger charge is -2.15. The van der Waals surface area contributed by atoms with Crippen molar-refractivity contribution in [3.8, 4) is 0 Å². The summed E-state index contributed by atoms with van der Waals surface area (Å²) in [6, 6.07) is 6.53. The minimum Gasteiger partial charge on any atom is -0.395 e. The van der Waals surface area contributed by atoms with Gasteiger partial charge < -0.3 is 5.11 Å². The Hall–Kier alpha value is -0.340. The van der Waals surface area contributed by atoms with Gasteiger partial charge in [0, 0.05) is 9.89 Å². The molecule has 0 radical (unpaired) electrons. The number of aliphatic hydroxyl groups is 1. The Morgan fingerprint density at radius 1 is 1.40 bits per heavy atom. The molecule has 0 unspecified atom stereocenters. The molecule has 1 aromatic carbocycles. The monoisotopic (exact) mass is 268 g/mol. The molecular weight excluding hydrogens is 252 g/mol. The van der Waals surface area contributed by atoms with E-state index in [-0.39, 0.29) is 12.0 Å². The maximum atomic E-state index is 9.36. The van der Waals surface area contributed by atoms with Gasteiger partial charge in [-0.15, -0.1) is 0 Å². The summed E-state index contributed by atoms with van der Waals surface area (Å²) < 4.78 is 1.18. The third kappa shape index (κ3) is 1.98. The van der Waals surface area contributed by atoms with Crippen LogP contribution in [-0.2, 0) is 5.41 Å². The lowest BCUT2D eigenvalue weighted by Crippen LogP contribution is -2.12. The van der Waals surface area contributed by atoms with E-state index in [0.29, 0.717) is 5.92 Å². The molecule has 0 heterocycles. The lowest BCUT2D eigenvalue weighted by molar-refractivity contribution is 0.255. The van der Waals surface area contributed by atoms with Crippen LogP contribution in [0.1, 0.15) is 43.7 Å². The SMILES string of the molecule is CC(C)c1ccc(C2(CO)CC2)cc1Br. The number of hydrogen-bond donors (Lipinski definition) is 1. The number of aliphatic hydroxyl groups excluding tert-OH is 1. The van der Waals surface area contributed by atoms with Gasteiger partial charge in [0.1, 0.15) is 0 Å².